The minimum atomic E-state index is -0.212. The monoisotopic (exact) mass is 335 g/mol. The lowest BCUT2D eigenvalue weighted by Gasteiger charge is -2.31. The molecule has 24 heavy (non-hydrogen) atoms. The summed E-state index contributed by atoms with van der Waals surface area (Å²) in [6, 6.07) is 2.27. The number of aromatic nitrogens is 2. The molecule has 1 fully saturated rings. The van der Waals surface area contributed by atoms with E-state index in [0.717, 1.165) is 37.4 Å². The number of anilines is 2. The summed E-state index contributed by atoms with van der Waals surface area (Å²) in [6.45, 7) is 6.80. The van der Waals surface area contributed by atoms with Crippen LogP contribution in [0.5, 0.6) is 0 Å². The number of likely N-dealkylation sites (tertiary alicyclic amines) is 1. The van der Waals surface area contributed by atoms with Gasteiger partial charge in [-0.15, -0.1) is 0 Å². The molecular weight excluding hydrogens is 306 g/mol. The third-order valence-electron chi connectivity index (χ3n) is 4.13. The van der Waals surface area contributed by atoms with Crippen molar-refractivity contribution in [3.8, 4) is 0 Å². The summed E-state index contributed by atoms with van der Waals surface area (Å²) in [5, 5.41) is 6.78. The van der Waals surface area contributed by atoms with Gasteiger partial charge in [-0.1, -0.05) is 19.8 Å². The Balaban J connectivity index is 1.77. The number of carbonyl (C=O) groups excluding carboxylic acids is 1. The van der Waals surface area contributed by atoms with E-state index >= 15 is 0 Å². The SMILES string of the molecule is CCCCCNc1cc(NC2CCN(C(=O)OCC)CC2)ncn1. The van der Waals surface area contributed by atoms with Crippen LogP contribution in [0.3, 0.4) is 0 Å². The van der Waals surface area contributed by atoms with Crippen LogP contribution in [0.15, 0.2) is 12.4 Å². The molecule has 2 N–H and O–H groups in total. The molecule has 1 aromatic heterocycles. The first-order chi connectivity index (χ1) is 11.7. The molecular formula is C17H29N5O2. The van der Waals surface area contributed by atoms with E-state index < -0.39 is 0 Å². The standard InChI is InChI=1S/C17H29N5O2/c1-3-5-6-9-18-15-12-16(20-13-19-15)21-14-7-10-22(11-8-14)17(23)24-4-2/h12-14H,3-11H2,1-2H3,(H2,18,19,20,21). The van der Waals surface area contributed by atoms with Crippen molar-refractivity contribution in [2.24, 2.45) is 0 Å². The normalized spacial score (nSPS) is 15.2. The summed E-state index contributed by atoms with van der Waals surface area (Å²) in [5.41, 5.74) is 0. The highest BCUT2D eigenvalue weighted by Gasteiger charge is 2.23. The van der Waals surface area contributed by atoms with E-state index in [1.807, 2.05) is 13.0 Å². The van der Waals surface area contributed by atoms with E-state index in [0.29, 0.717) is 25.7 Å². The van der Waals surface area contributed by atoms with E-state index in [1.54, 1.807) is 11.2 Å². The zero-order valence-corrected chi connectivity index (χ0v) is 14.8. The molecule has 1 aromatic rings. The maximum Gasteiger partial charge on any atom is 0.409 e. The van der Waals surface area contributed by atoms with Crippen LogP contribution < -0.4 is 10.6 Å². The average molecular weight is 335 g/mol. The fourth-order valence-corrected chi connectivity index (χ4v) is 2.75. The first kappa shape index (κ1) is 18.3. The Labute approximate surface area is 144 Å². The summed E-state index contributed by atoms with van der Waals surface area (Å²) >= 11 is 0. The second-order valence-corrected chi connectivity index (χ2v) is 6.03. The quantitative estimate of drug-likeness (QED) is 0.711. The van der Waals surface area contributed by atoms with Gasteiger partial charge in [-0.05, 0) is 26.2 Å². The van der Waals surface area contributed by atoms with E-state index in [4.69, 9.17) is 4.74 Å². The lowest BCUT2D eigenvalue weighted by molar-refractivity contribution is 0.0983. The van der Waals surface area contributed by atoms with Gasteiger partial charge in [0.15, 0.2) is 0 Å². The molecule has 0 radical (unpaired) electrons. The van der Waals surface area contributed by atoms with Crippen LogP contribution in [0.1, 0.15) is 46.0 Å². The van der Waals surface area contributed by atoms with Crippen LogP contribution in [0.25, 0.3) is 0 Å². The Kier molecular flexibility index (Phi) is 7.58. The van der Waals surface area contributed by atoms with E-state index in [9.17, 15) is 4.79 Å². The minimum absolute atomic E-state index is 0.212. The van der Waals surface area contributed by atoms with E-state index in [1.165, 1.54) is 12.8 Å². The van der Waals surface area contributed by atoms with Gasteiger partial charge in [0.2, 0.25) is 0 Å². The Hall–Kier alpha value is -2.05. The molecule has 134 valence electrons. The number of nitrogens with one attached hydrogen (secondary N) is 2. The summed E-state index contributed by atoms with van der Waals surface area (Å²) in [4.78, 5) is 22.0. The maximum absolute atomic E-state index is 11.7. The number of amides is 1. The molecule has 1 amide bonds. The van der Waals surface area contributed by atoms with Gasteiger partial charge in [-0.3, -0.25) is 0 Å². The maximum atomic E-state index is 11.7. The zero-order chi connectivity index (χ0) is 17.2. The van der Waals surface area contributed by atoms with Crippen molar-refractivity contribution in [1.82, 2.24) is 14.9 Å². The number of hydrogen-bond donors (Lipinski definition) is 2. The topological polar surface area (TPSA) is 79.4 Å². The van der Waals surface area contributed by atoms with Crippen LogP contribution in [0.2, 0.25) is 0 Å². The number of carbonyl (C=O) groups is 1. The molecule has 0 spiro atoms. The minimum Gasteiger partial charge on any atom is -0.450 e. The van der Waals surface area contributed by atoms with Crippen molar-refractivity contribution in [2.75, 3.05) is 36.9 Å². The van der Waals surface area contributed by atoms with Gasteiger partial charge < -0.3 is 20.3 Å². The van der Waals surface area contributed by atoms with E-state index in [2.05, 4.69) is 27.5 Å². The Bertz CT molecular complexity index is 504. The zero-order valence-electron chi connectivity index (χ0n) is 14.8. The first-order valence-electron chi connectivity index (χ1n) is 8.97. The second kappa shape index (κ2) is 9.95. The van der Waals surface area contributed by atoms with Gasteiger partial charge in [-0.25, -0.2) is 14.8 Å². The van der Waals surface area contributed by atoms with Crippen molar-refractivity contribution < 1.29 is 9.53 Å². The van der Waals surface area contributed by atoms with Crippen molar-refractivity contribution in [2.45, 2.75) is 52.0 Å². The van der Waals surface area contributed by atoms with Crippen molar-refractivity contribution in [3.05, 3.63) is 12.4 Å². The molecule has 1 aliphatic rings. The van der Waals surface area contributed by atoms with Crippen LogP contribution in [-0.4, -0.2) is 53.2 Å². The van der Waals surface area contributed by atoms with Gasteiger partial charge in [0.1, 0.15) is 18.0 Å². The van der Waals surface area contributed by atoms with Crippen LogP contribution in [0.4, 0.5) is 16.4 Å². The van der Waals surface area contributed by atoms with Gasteiger partial charge in [0, 0.05) is 31.7 Å². The number of ether oxygens (including phenoxy) is 1. The Morgan fingerprint density at radius 2 is 2.00 bits per heavy atom. The van der Waals surface area contributed by atoms with Crippen molar-refractivity contribution in [3.63, 3.8) is 0 Å². The number of piperidine rings is 1. The average Bonchev–Trinajstić information content (AvgIpc) is 2.60. The molecule has 0 unspecified atom stereocenters. The molecule has 0 aliphatic carbocycles. The number of nitrogens with zero attached hydrogens (tertiary/aromatic N) is 3. The highest BCUT2D eigenvalue weighted by atomic mass is 16.6. The summed E-state index contributed by atoms with van der Waals surface area (Å²) in [7, 11) is 0. The highest BCUT2D eigenvalue weighted by Crippen LogP contribution is 2.17. The van der Waals surface area contributed by atoms with Gasteiger partial charge >= 0.3 is 6.09 Å². The third-order valence-corrected chi connectivity index (χ3v) is 4.13. The molecule has 0 aromatic carbocycles. The highest BCUT2D eigenvalue weighted by molar-refractivity contribution is 5.67. The van der Waals surface area contributed by atoms with Gasteiger partial charge in [-0.2, -0.15) is 0 Å². The molecule has 7 heteroatoms. The molecule has 7 nitrogen and oxygen atoms in total. The molecule has 0 saturated carbocycles. The van der Waals surface area contributed by atoms with E-state index in [-0.39, 0.29) is 6.09 Å². The summed E-state index contributed by atoms with van der Waals surface area (Å²) < 4.78 is 5.04. The van der Waals surface area contributed by atoms with Crippen LogP contribution in [-0.2, 0) is 4.74 Å². The molecule has 1 saturated heterocycles. The molecule has 0 atom stereocenters. The largest absolute Gasteiger partial charge is 0.450 e. The fourth-order valence-electron chi connectivity index (χ4n) is 2.75. The molecule has 2 rings (SSSR count). The predicted octanol–water partition coefficient (Wildman–Crippen LogP) is 3.11. The van der Waals surface area contributed by atoms with Gasteiger partial charge in [0.25, 0.3) is 0 Å². The lowest BCUT2D eigenvalue weighted by Crippen LogP contribution is -2.42. The van der Waals surface area contributed by atoms with Crippen molar-refractivity contribution in [1.29, 1.82) is 0 Å². The van der Waals surface area contributed by atoms with Crippen molar-refractivity contribution >= 4 is 17.7 Å². The second-order valence-electron chi connectivity index (χ2n) is 6.03. The summed E-state index contributed by atoms with van der Waals surface area (Å²) in [6.07, 6.45) is 6.74. The lowest BCUT2D eigenvalue weighted by atomic mass is 10.1. The molecule has 0 bridgehead atoms. The first-order valence-corrected chi connectivity index (χ1v) is 8.97. The number of unbranched alkanes of at least 4 members (excludes halogenated alkanes) is 2. The van der Waals surface area contributed by atoms with Crippen LogP contribution in [0, 0.1) is 0 Å². The predicted molar refractivity (Wildman–Crippen MR) is 95.3 cm³/mol. The smallest absolute Gasteiger partial charge is 0.409 e. The van der Waals surface area contributed by atoms with Crippen LogP contribution >= 0.6 is 0 Å². The number of rotatable bonds is 8. The number of hydrogen-bond acceptors (Lipinski definition) is 6. The molecule has 1 aliphatic heterocycles. The third kappa shape index (κ3) is 5.86. The Morgan fingerprint density at radius 1 is 1.25 bits per heavy atom. The fraction of sp³-hybridized carbons (Fsp3) is 0.706. The summed E-state index contributed by atoms with van der Waals surface area (Å²) in [5.74, 6) is 1.69. The van der Waals surface area contributed by atoms with Gasteiger partial charge in [0.05, 0.1) is 6.61 Å². The Morgan fingerprint density at radius 3 is 2.71 bits per heavy atom. The molecule has 2 heterocycles.